The molecule has 0 bridgehead atoms. The van der Waals surface area contributed by atoms with Gasteiger partial charge in [0.25, 0.3) is 0 Å². The van der Waals surface area contributed by atoms with Gasteiger partial charge < -0.3 is 9.84 Å². The number of nitrogens with zero attached hydrogens (tertiary/aromatic N) is 3. The van der Waals surface area contributed by atoms with Gasteiger partial charge in [0.15, 0.2) is 0 Å². The van der Waals surface area contributed by atoms with E-state index in [4.69, 9.17) is 4.52 Å². The normalized spacial score (nSPS) is 20.2. The SMILES string of the molecule is O=C(NC1CCCC1)C1CCN(Cc2nc(-c3cccs3)no2)CC1. The summed E-state index contributed by atoms with van der Waals surface area (Å²) in [5, 5.41) is 9.30. The van der Waals surface area contributed by atoms with Crippen LogP contribution < -0.4 is 5.32 Å². The molecule has 4 rings (SSSR count). The third kappa shape index (κ3) is 4.10. The number of aromatic nitrogens is 2. The molecule has 0 spiro atoms. The van der Waals surface area contributed by atoms with Crippen LogP contribution in [0.1, 0.15) is 44.4 Å². The number of hydrogen-bond donors (Lipinski definition) is 1. The van der Waals surface area contributed by atoms with E-state index in [1.807, 2.05) is 17.5 Å². The molecule has 2 fully saturated rings. The van der Waals surface area contributed by atoms with Gasteiger partial charge in [-0.15, -0.1) is 11.3 Å². The molecule has 3 heterocycles. The largest absolute Gasteiger partial charge is 0.353 e. The van der Waals surface area contributed by atoms with Crippen LogP contribution in [0, 0.1) is 5.92 Å². The summed E-state index contributed by atoms with van der Waals surface area (Å²) >= 11 is 1.61. The van der Waals surface area contributed by atoms with E-state index in [9.17, 15) is 4.79 Å². The Labute approximate surface area is 151 Å². The first-order valence-corrected chi connectivity index (χ1v) is 10.0. The summed E-state index contributed by atoms with van der Waals surface area (Å²) in [6, 6.07) is 4.39. The molecule has 2 aromatic rings. The molecule has 0 atom stereocenters. The minimum atomic E-state index is 0.154. The second kappa shape index (κ2) is 7.66. The number of piperidine rings is 1. The molecule has 25 heavy (non-hydrogen) atoms. The fraction of sp³-hybridized carbons (Fsp3) is 0.611. The van der Waals surface area contributed by atoms with Crippen LogP contribution in [-0.2, 0) is 11.3 Å². The molecule has 134 valence electrons. The second-order valence-electron chi connectivity index (χ2n) is 7.03. The second-order valence-corrected chi connectivity index (χ2v) is 7.98. The van der Waals surface area contributed by atoms with Gasteiger partial charge in [-0.3, -0.25) is 9.69 Å². The lowest BCUT2D eigenvalue weighted by molar-refractivity contribution is -0.127. The number of likely N-dealkylation sites (tertiary alicyclic amines) is 1. The molecule has 0 aromatic carbocycles. The number of thiophene rings is 1. The van der Waals surface area contributed by atoms with Gasteiger partial charge in [-0.2, -0.15) is 4.98 Å². The first kappa shape index (κ1) is 16.7. The molecule has 1 aliphatic heterocycles. The summed E-state index contributed by atoms with van der Waals surface area (Å²) in [6.07, 6.45) is 6.61. The van der Waals surface area contributed by atoms with Crippen molar-refractivity contribution in [2.75, 3.05) is 13.1 Å². The molecule has 2 aromatic heterocycles. The minimum Gasteiger partial charge on any atom is -0.353 e. The average Bonchev–Trinajstić information content (AvgIpc) is 3.38. The molecular weight excluding hydrogens is 336 g/mol. The fourth-order valence-corrected chi connectivity index (χ4v) is 4.41. The molecule has 7 heteroatoms. The van der Waals surface area contributed by atoms with E-state index in [0.29, 0.717) is 24.3 Å². The van der Waals surface area contributed by atoms with Crippen LogP contribution in [0.15, 0.2) is 22.0 Å². The highest BCUT2D eigenvalue weighted by atomic mass is 32.1. The smallest absolute Gasteiger partial charge is 0.241 e. The zero-order chi connectivity index (χ0) is 17.1. The Morgan fingerprint density at radius 2 is 2.08 bits per heavy atom. The molecule has 0 radical (unpaired) electrons. The van der Waals surface area contributed by atoms with Crippen molar-refractivity contribution < 1.29 is 9.32 Å². The van der Waals surface area contributed by atoms with Gasteiger partial charge in [0.2, 0.25) is 17.6 Å². The molecule has 0 unspecified atom stereocenters. The van der Waals surface area contributed by atoms with Gasteiger partial charge in [-0.05, 0) is 50.2 Å². The molecule has 1 saturated carbocycles. The molecule has 1 amide bonds. The summed E-state index contributed by atoms with van der Waals surface area (Å²) in [6.45, 7) is 2.47. The van der Waals surface area contributed by atoms with Crippen molar-refractivity contribution in [3.8, 4) is 10.7 Å². The Morgan fingerprint density at radius 1 is 1.28 bits per heavy atom. The van der Waals surface area contributed by atoms with E-state index >= 15 is 0 Å². The van der Waals surface area contributed by atoms with Gasteiger partial charge in [-0.1, -0.05) is 24.1 Å². The zero-order valence-electron chi connectivity index (χ0n) is 14.3. The third-order valence-electron chi connectivity index (χ3n) is 5.23. The third-order valence-corrected chi connectivity index (χ3v) is 6.09. The summed E-state index contributed by atoms with van der Waals surface area (Å²) in [4.78, 5) is 20.2. The summed E-state index contributed by atoms with van der Waals surface area (Å²) in [7, 11) is 0. The summed E-state index contributed by atoms with van der Waals surface area (Å²) in [5.41, 5.74) is 0. The van der Waals surface area contributed by atoms with Crippen molar-refractivity contribution in [3.05, 3.63) is 23.4 Å². The van der Waals surface area contributed by atoms with Crippen molar-refractivity contribution >= 4 is 17.2 Å². The van der Waals surface area contributed by atoms with E-state index in [1.54, 1.807) is 11.3 Å². The molecular formula is C18H24N4O2S. The van der Waals surface area contributed by atoms with Gasteiger partial charge in [0.05, 0.1) is 11.4 Å². The van der Waals surface area contributed by atoms with Gasteiger partial charge in [0, 0.05) is 12.0 Å². The molecule has 6 nitrogen and oxygen atoms in total. The summed E-state index contributed by atoms with van der Waals surface area (Å²) in [5.74, 6) is 1.72. The Kier molecular flexibility index (Phi) is 5.12. The number of hydrogen-bond acceptors (Lipinski definition) is 6. The summed E-state index contributed by atoms with van der Waals surface area (Å²) < 4.78 is 5.38. The lowest BCUT2D eigenvalue weighted by Gasteiger charge is -2.30. The van der Waals surface area contributed by atoms with E-state index in [-0.39, 0.29) is 11.8 Å². The lowest BCUT2D eigenvalue weighted by atomic mass is 9.95. The van der Waals surface area contributed by atoms with Crippen LogP contribution in [0.5, 0.6) is 0 Å². The Hall–Kier alpha value is -1.73. The standard InChI is InChI=1S/C18H24N4O2S/c23-18(19-14-4-1-2-5-14)13-7-9-22(10-8-13)12-16-20-17(21-24-16)15-6-3-11-25-15/h3,6,11,13-14H,1-2,4-5,7-10,12H2,(H,19,23). The number of nitrogens with one attached hydrogen (secondary N) is 1. The van der Waals surface area contributed by atoms with Crippen LogP contribution in [-0.4, -0.2) is 40.1 Å². The predicted octanol–water partition coefficient (Wildman–Crippen LogP) is 3.07. The number of amides is 1. The van der Waals surface area contributed by atoms with E-state index in [1.165, 1.54) is 12.8 Å². The molecule has 2 aliphatic rings. The van der Waals surface area contributed by atoms with Crippen molar-refractivity contribution in [2.45, 2.75) is 51.1 Å². The van der Waals surface area contributed by atoms with Crippen LogP contribution in [0.2, 0.25) is 0 Å². The predicted molar refractivity (Wildman–Crippen MR) is 96.0 cm³/mol. The van der Waals surface area contributed by atoms with Crippen LogP contribution in [0.4, 0.5) is 0 Å². The quantitative estimate of drug-likeness (QED) is 0.887. The first-order valence-electron chi connectivity index (χ1n) is 9.17. The lowest BCUT2D eigenvalue weighted by Crippen LogP contribution is -2.43. The first-order chi connectivity index (χ1) is 12.3. The van der Waals surface area contributed by atoms with E-state index in [0.717, 1.165) is 43.6 Å². The van der Waals surface area contributed by atoms with Gasteiger partial charge in [-0.25, -0.2) is 0 Å². The van der Waals surface area contributed by atoms with E-state index < -0.39 is 0 Å². The number of carbonyl (C=O) groups is 1. The number of rotatable bonds is 5. The highest BCUT2D eigenvalue weighted by molar-refractivity contribution is 7.13. The van der Waals surface area contributed by atoms with Crippen LogP contribution in [0.25, 0.3) is 10.7 Å². The fourth-order valence-electron chi connectivity index (χ4n) is 3.76. The number of carbonyl (C=O) groups excluding carboxylic acids is 1. The average molecular weight is 360 g/mol. The Balaban J connectivity index is 1.25. The maximum atomic E-state index is 12.4. The Bertz CT molecular complexity index is 686. The minimum absolute atomic E-state index is 0.154. The van der Waals surface area contributed by atoms with Crippen LogP contribution in [0.3, 0.4) is 0 Å². The van der Waals surface area contributed by atoms with Gasteiger partial charge >= 0.3 is 0 Å². The van der Waals surface area contributed by atoms with Crippen molar-refractivity contribution in [2.24, 2.45) is 5.92 Å². The topological polar surface area (TPSA) is 71.3 Å². The maximum absolute atomic E-state index is 12.4. The maximum Gasteiger partial charge on any atom is 0.241 e. The van der Waals surface area contributed by atoms with Crippen LogP contribution >= 0.6 is 11.3 Å². The highest BCUT2D eigenvalue weighted by Crippen LogP contribution is 2.24. The van der Waals surface area contributed by atoms with Crippen molar-refractivity contribution in [1.82, 2.24) is 20.4 Å². The molecule has 1 N–H and O–H groups in total. The monoisotopic (exact) mass is 360 g/mol. The molecule has 1 aliphatic carbocycles. The van der Waals surface area contributed by atoms with Crippen molar-refractivity contribution in [1.29, 1.82) is 0 Å². The van der Waals surface area contributed by atoms with Crippen molar-refractivity contribution in [3.63, 3.8) is 0 Å². The highest BCUT2D eigenvalue weighted by Gasteiger charge is 2.28. The van der Waals surface area contributed by atoms with E-state index in [2.05, 4.69) is 20.4 Å². The zero-order valence-corrected chi connectivity index (χ0v) is 15.1. The molecule has 1 saturated heterocycles. The van der Waals surface area contributed by atoms with Gasteiger partial charge in [0.1, 0.15) is 0 Å². The Morgan fingerprint density at radius 3 is 2.80 bits per heavy atom.